The highest BCUT2D eigenvalue weighted by Crippen LogP contribution is 2.25. The van der Waals surface area contributed by atoms with Gasteiger partial charge in [-0.15, -0.1) is 0 Å². The highest BCUT2D eigenvalue weighted by atomic mass is 16.5. The molecule has 0 spiro atoms. The summed E-state index contributed by atoms with van der Waals surface area (Å²) in [7, 11) is 0. The predicted molar refractivity (Wildman–Crippen MR) is 105 cm³/mol. The van der Waals surface area contributed by atoms with Gasteiger partial charge >= 0.3 is 0 Å². The van der Waals surface area contributed by atoms with Crippen LogP contribution in [0.3, 0.4) is 0 Å². The Balaban J connectivity index is 0.000000299. The van der Waals surface area contributed by atoms with Crippen molar-refractivity contribution in [3.63, 3.8) is 0 Å². The minimum atomic E-state index is -0.157. The third kappa shape index (κ3) is 3.93. The number of benzene rings is 1. The van der Waals surface area contributed by atoms with Crippen molar-refractivity contribution in [3.8, 4) is 17.3 Å². The number of hydrogen-bond donors (Lipinski definition) is 1. The summed E-state index contributed by atoms with van der Waals surface area (Å²) in [5, 5.41) is 11.9. The van der Waals surface area contributed by atoms with Gasteiger partial charge in [0.05, 0.1) is 11.8 Å². The van der Waals surface area contributed by atoms with Crippen molar-refractivity contribution in [1.82, 2.24) is 14.6 Å². The molecule has 0 bridgehead atoms. The molecule has 0 radical (unpaired) electrons. The molecule has 1 atom stereocenters. The smallest absolute Gasteiger partial charge is 0.276 e. The molecule has 2 aromatic heterocycles. The van der Waals surface area contributed by atoms with Crippen LogP contribution in [0.15, 0.2) is 41.3 Å². The third-order valence-electron chi connectivity index (χ3n) is 4.60. The zero-order valence-electron chi connectivity index (χ0n) is 15.9. The van der Waals surface area contributed by atoms with E-state index in [1.165, 1.54) is 23.6 Å². The van der Waals surface area contributed by atoms with E-state index in [1.807, 2.05) is 44.2 Å². The summed E-state index contributed by atoms with van der Waals surface area (Å²) in [6, 6.07) is 11.6. The summed E-state index contributed by atoms with van der Waals surface area (Å²) in [6.45, 7) is 7.03. The zero-order valence-corrected chi connectivity index (χ0v) is 15.9. The number of nitrogens with zero attached hydrogens (tertiary/aromatic N) is 3. The van der Waals surface area contributed by atoms with E-state index in [9.17, 15) is 4.79 Å². The Morgan fingerprint density at radius 1 is 1.33 bits per heavy atom. The highest BCUT2D eigenvalue weighted by Gasteiger charge is 2.19. The molecule has 1 fully saturated rings. The van der Waals surface area contributed by atoms with Gasteiger partial charge in [-0.25, -0.2) is 9.50 Å². The van der Waals surface area contributed by atoms with Crippen molar-refractivity contribution in [1.29, 1.82) is 5.26 Å². The van der Waals surface area contributed by atoms with E-state index in [2.05, 4.69) is 23.1 Å². The van der Waals surface area contributed by atoms with Crippen LogP contribution >= 0.6 is 0 Å². The van der Waals surface area contributed by atoms with Crippen LogP contribution in [-0.2, 0) is 4.74 Å². The third-order valence-corrected chi connectivity index (χ3v) is 4.60. The molecule has 140 valence electrons. The average molecular weight is 364 g/mol. The quantitative estimate of drug-likeness (QED) is 0.748. The van der Waals surface area contributed by atoms with Gasteiger partial charge in [0.2, 0.25) is 0 Å². The second kappa shape index (κ2) is 8.19. The van der Waals surface area contributed by atoms with Gasteiger partial charge in [-0.3, -0.25) is 9.89 Å². The number of rotatable bonds is 2. The predicted octanol–water partition coefficient (Wildman–Crippen LogP) is 3.87. The number of ether oxygens (including phenoxy) is 1. The van der Waals surface area contributed by atoms with Crippen molar-refractivity contribution in [3.05, 3.63) is 58.0 Å². The lowest BCUT2D eigenvalue weighted by molar-refractivity contribution is 0.125. The maximum absolute atomic E-state index is 12.7. The van der Waals surface area contributed by atoms with Gasteiger partial charge in [0.15, 0.2) is 5.65 Å². The SMILES string of the molecule is CC(C)c1c(-c2ccccc2)nc2c(C#N)c[nH]n2c1=O.CC1CCCO1. The summed E-state index contributed by atoms with van der Waals surface area (Å²) in [5.41, 5.74) is 2.74. The van der Waals surface area contributed by atoms with E-state index in [4.69, 9.17) is 10.00 Å². The van der Waals surface area contributed by atoms with Crippen molar-refractivity contribution in [2.45, 2.75) is 45.6 Å². The summed E-state index contributed by atoms with van der Waals surface area (Å²) >= 11 is 0. The molecule has 0 amide bonds. The number of fused-ring (bicyclic) bond motifs is 1. The normalized spacial score (nSPS) is 16.2. The van der Waals surface area contributed by atoms with Crippen LogP contribution in [0.5, 0.6) is 0 Å². The van der Waals surface area contributed by atoms with E-state index in [1.54, 1.807) is 0 Å². The fraction of sp³-hybridized carbons (Fsp3) is 0.381. The van der Waals surface area contributed by atoms with Crippen LogP contribution in [0.2, 0.25) is 0 Å². The van der Waals surface area contributed by atoms with Crippen LogP contribution in [0.4, 0.5) is 0 Å². The van der Waals surface area contributed by atoms with E-state index < -0.39 is 0 Å². The van der Waals surface area contributed by atoms with E-state index in [-0.39, 0.29) is 11.5 Å². The number of hydrogen-bond acceptors (Lipinski definition) is 4. The lowest BCUT2D eigenvalue weighted by Gasteiger charge is -2.11. The molecule has 3 aromatic rings. The number of nitriles is 1. The van der Waals surface area contributed by atoms with Gasteiger partial charge in [-0.05, 0) is 25.7 Å². The summed E-state index contributed by atoms with van der Waals surface area (Å²) in [5.74, 6) is 0.0333. The van der Waals surface area contributed by atoms with E-state index in [0.29, 0.717) is 28.6 Å². The molecule has 3 heterocycles. The zero-order chi connectivity index (χ0) is 19.4. The fourth-order valence-corrected chi connectivity index (χ4v) is 3.19. The maximum atomic E-state index is 12.7. The van der Waals surface area contributed by atoms with Gasteiger partial charge in [0.1, 0.15) is 11.6 Å². The summed E-state index contributed by atoms with van der Waals surface area (Å²) < 4.78 is 6.49. The van der Waals surface area contributed by atoms with E-state index in [0.717, 1.165) is 12.2 Å². The molecule has 1 aliphatic heterocycles. The molecule has 4 rings (SSSR count). The Bertz CT molecular complexity index is 1010. The van der Waals surface area contributed by atoms with Crippen molar-refractivity contribution in [2.75, 3.05) is 6.61 Å². The second-order valence-electron chi connectivity index (χ2n) is 6.98. The average Bonchev–Trinajstić information content (AvgIpc) is 3.31. The maximum Gasteiger partial charge on any atom is 0.276 e. The van der Waals surface area contributed by atoms with Crippen molar-refractivity contribution in [2.24, 2.45) is 0 Å². The number of aromatic nitrogens is 3. The first-order chi connectivity index (χ1) is 13.0. The van der Waals surface area contributed by atoms with Gasteiger partial charge in [-0.1, -0.05) is 44.2 Å². The first-order valence-corrected chi connectivity index (χ1v) is 9.24. The summed E-state index contributed by atoms with van der Waals surface area (Å²) in [4.78, 5) is 17.2. The van der Waals surface area contributed by atoms with Gasteiger partial charge in [0.25, 0.3) is 5.56 Å². The minimum absolute atomic E-state index is 0.0333. The first kappa shape index (κ1) is 18.9. The first-order valence-electron chi connectivity index (χ1n) is 9.24. The fourth-order valence-electron chi connectivity index (χ4n) is 3.19. The Labute approximate surface area is 158 Å². The molecule has 0 aliphatic carbocycles. The number of aromatic amines is 1. The molecule has 6 nitrogen and oxygen atoms in total. The van der Waals surface area contributed by atoms with Crippen LogP contribution in [-0.4, -0.2) is 27.3 Å². The molecule has 1 unspecified atom stereocenters. The monoisotopic (exact) mass is 364 g/mol. The molecule has 1 aromatic carbocycles. The molecular weight excluding hydrogens is 340 g/mol. The van der Waals surface area contributed by atoms with Crippen LogP contribution in [0, 0.1) is 11.3 Å². The lowest BCUT2D eigenvalue weighted by Crippen LogP contribution is -2.22. The molecular formula is C21H24N4O2. The van der Waals surface area contributed by atoms with Crippen LogP contribution < -0.4 is 5.56 Å². The number of nitrogens with one attached hydrogen (secondary N) is 1. The molecule has 1 N–H and O–H groups in total. The second-order valence-corrected chi connectivity index (χ2v) is 6.98. The molecule has 6 heteroatoms. The number of H-pyrrole nitrogens is 1. The minimum Gasteiger partial charge on any atom is -0.379 e. The van der Waals surface area contributed by atoms with Gasteiger partial charge < -0.3 is 4.74 Å². The molecule has 0 saturated carbocycles. The van der Waals surface area contributed by atoms with Gasteiger partial charge in [-0.2, -0.15) is 5.26 Å². The molecule has 27 heavy (non-hydrogen) atoms. The van der Waals surface area contributed by atoms with Gasteiger partial charge in [0, 0.05) is 23.9 Å². The Hall–Kier alpha value is -2.91. The topological polar surface area (TPSA) is 83.2 Å². The Morgan fingerprint density at radius 3 is 2.59 bits per heavy atom. The lowest BCUT2D eigenvalue weighted by atomic mass is 9.98. The summed E-state index contributed by atoms with van der Waals surface area (Å²) in [6.07, 6.45) is 4.58. The highest BCUT2D eigenvalue weighted by molar-refractivity contribution is 5.68. The van der Waals surface area contributed by atoms with Crippen LogP contribution in [0.25, 0.3) is 16.9 Å². The Kier molecular flexibility index (Phi) is 5.72. The van der Waals surface area contributed by atoms with Crippen molar-refractivity contribution < 1.29 is 4.74 Å². The Morgan fingerprint density at radius 2 is 2.07 bits per heavy atom. The van der Waals surface area contributed by atoms with E-state index >= 15 is 0 Å². The molecule has 1 saturated heterocycles. The standard InChI is InChI=1S/C16H14N4O.C5H10O/c1-10(2)13-14(11-6-4-3-5-7-11)19-15-12(8-17)9-18-20(15)16(13)21;1-5-3-2-4-6-5/h3-7,9-10,18H,1-2H3;5H,2-4H2,1H3. The largest absolute Gasteiger partial charge is 0.379 e. The van der Waals surface area contributed by atoms with Crippen LogP contribution in [0.1, 0.15) is 50.7 Å². The molecule has 1 aliphatic rings. The van der Waals surface area contributed by atoms with Crippen molar-refractivity contribution >= 4 is 5.65 Å².